The second-order valence-corrected chi connectivity index (χ2v) is 5.56. The van der Waals surface area contributed by atoms with Gasteiger partial charge in [0.05, 0.1) is 6.10 Å². The highest BCUT2D eigenvalue weighted by molar-refractivity contribution is 5.80. The molecule has 2 amide bonds. The van der Waals surface area contributed by atoms with Gasteiger partial charge in [-0.2, -0.15) is 13.2 Å². The number of hydrogen-bond acceptors (Lipinski definition) is 3. The van der Waals surface area contributed by atoms with Crippen molar-refractivity contribution in [2.24, 2.45) is 5.41 Å². The van der Waals surface area contributed by atoms with Gasteiger partial charge < -0.3 is 20.0 Å². The maximum atomic E-state index is 13.0. The number of rotatable bonds is 1. The highest BCUT2D eigenvalue weighted by Crippen LogP contribution is 2.45. The van der Waals surface area contributed by atoms with Crippen LogP contribution in [0.15, 0.2) is 0 Å². The summed E-state index contributed by atoms with van der Waals surface area (Å²) in [4.78, 5) is 25.5. The number of aliphatic hydroxyl groups is 1. The predicted molar refractivity (Wildman–Crippen MR) is 64.5 cm³/mol. The summed E-state index contributed by atoms with van der Waals surface area (Å²) >= 11 is 0. The fourth-order valence-electron chi connectivity index (χ4n) is 2.76. The number of amides is 2. The van der Waals surface area contributed by atoms with Crippen molar-refractivity contribution in [2.75, 3.05) is 26.2 Å². The maximum absolute atomic E-state index is 13.0. The average molecular weight is 310 g/mol. The SMILES string of the molecule is O=C(N1CCC(O)CC1)N1CCC(C(=O)O)(C(F)(F)F)C1. The molecule has 6 nitrogen and oxygen atoms in total. The molecule has 0 aromatic carbocycles. The molecule has 2 fully saturated rings. The fraction of sp³-hybridized carbons (Fsp3) is 0.833. The lowest BCUT2D eigenvalue weighted by molar-refractivity contribution is -0.227. The van der Waals surface area contributed by atoms with Crippen molar-refractivity contribution in [1.29, 1.82) is 0 Å². The summed E-state index contributed by atoms with van der Waals surface area (Å²) in [5.41, 5.74) is -2.88. The molecule has 120 valence electrons. The highest BCUT2D eigenvalue weighted by atomic mass is 19.4. The Labute approximate surface area is 119 Å². The Balaban J connectivity index is 2.07. The van der Waals surface area contributed by atoms with E-state index in [1.54, 1.807) is 0 Å². The van der Waals surface area contributed by atoms with Crippen LogP contribution < -0.4 is 0 Å². The van der Waals surface area contributed by atoms with Crippen LogP contribution in [0.1, 0.15) is 19.3 Å². The van der Waals surface area contributed by atoms with Crippen molar-refractivity contribution >= 4 is 12.0 Å². The predicted octanol–water partition coefficient (Wildman–Crippen LogP) is 0.902. The number of carboxylic acids is 1. The molecular weight excluding hydrogens is 293 g/mol. The van der Waals surface area contributed by atoms with Gasteiger partial charge in [-0.25, -0.2) is 4.79 Å². The van der Waals surface area contributed by atoms with Crippen molar-refractivity contribution in [2.45, 2.75) is 31.5 Å². The number of likely N-dealkylation sites (tertiary alicyclic amines) is 2. The van der Waals surface area contributed by atoms with Crippen molar-refractivity contribution < 1.29 is 33.0 Å². The maximum Gasteiger partial charge on any atom is 0.406 e. The minimum absolute atomic E-state index is 0.232. The van der Waals surface area contributed by atoms with E-state index in [-0.39, 0.29) is 19.6 Å². The molecule has 2 saturated heterocycles. The first-order valence-electron chi connectivity index (χ1n) is 6.69. The molecular formula is C12H17F3N2O4. The number of aliphatic hydroxyl groups excluding tert-OH is 1. The third kappa shape index (κ3) is 2.78. The van der Waals surface area contributed by atoms with Crippen LogP contribution in [0.5, 0.6) is 0 Å². The van der Waals surface area contributed by atoms with Crippen LogP contribution in [-0.2, 0) is 4.79 Å². The van der Waals surface area contributed by atoms with Gasteiger partial charge in [-0.15, -0.1) is 0 Å². The molecule has 1 atom stereocenters. The van der Waals surface area contributed by atoms with Crippen LogP contribution in [0.2, 0.25) is 0 Å². The fourth-order valence-corrected chi connectivity index (χ4v) is 2.76. The van der Waals surface area contributed by atoms with Crippen LogP contribution in [0.3, 0.4) is 0 Å². The Bertz CT molecular complexity index is 435. The monoisotopic (exact) mass is 310 g/mol. The quantitative estimate of drug-likeness (QED) is 0.754. The zero-order valence-electron chi connectivity index (χ0n) is 11.3. The molecule has 21 heavy (non-hydrogen) atoms. The lowest BCUT2D eigenvalue weighted by Gasteiger charge is -2.33. The summed E-state index contributed by atoms with van der Waals surface area (Å²) in [5.74, 6) is -1.95. The number of carbonyl (C=O) groups excluding carboxylic acids is 1. The van der Waals surface area contributed by atoms with Gasteiger partial charge in [-0.3, -0.25) is 4.79 Å². The summed E-state index contributed by atoms with van der Waals surface area (Å²) < 4.78 is 39.1. The molecule has 9 heteroatoms. The van der Waals surface area contributed by atoms with E-state index in [0.29, 0.717) is 12.8 Å². The summed E-state index contributed by atoms with van der Waals surface area (Å²) in [7, 11) is 0. The topological polar surface area (TPSA) is 81.1 Å². The van der Waals surface area contributed by atoms with Crippen LogP contribution >= 0.6 is 0 Å². The Hall–Kier alpha value is -1.51. The lowest BCUT2D eigenvalue weighted by atomic mass is 9.86. The zero-order valence-corrected chi connectivity index (χ0v) is 11.3. The number of piperidine rings is 1. The van der Waals surface area contributed by atoms with Crippen LogP contribution in [0, 0.1) is 5.41 Å². The average Bonchev–Trinajstić information content (AvgIpc) is 2.84. The number of carboxylic acid groups (broad SMARTS) is 1. The number of hydrogen-bond donors (Lipinski definition) is 2. The number of alkyl halides is 3. The summed E-state index contributed by atoms with van der Waals surface area (Å²) in [6.07, 6.45) is -5.27. The smallest absolute Gasteiger partial charge is 0.406 e. The van der Waals surface area contributed by atoms with Crippen LogP contribution in [0.4, 0.5) is 18.0 Å². The normalized spacial score (nSPS) is 28.0. The molecule has 0 aromatic rings. The van der Waals surface area contributed by atoms with Gasteiger partial charge in [-0.05, 0) is 19.3 Å². The number of carbonyl (C=O) groups is 2. The molecule has 0 spiro atoms. The van der Waals surface area contributed by atoms with Gasteiger partial charge in [0, 0.05) is 26.2 Å². The van der Waals surface area contributed by atoms with E-state index < -0.39 is 42.7 Å². The minimum Gasteiger partial charge on any atom is -0.481 e. The molecule has 2 rings (SSSR count). The van der Waals surface area contributed by atoms with Gasteiger partial charge in [0.2, 0.25) is 0 Å². The molecule has 0 aliphatic carbocycles. The molecule has 0 radical (unpaired) electrons. The van der Waals surface area contributed by atoms with E-state index in [2.05, 4.69) is 0 Å². The first-order valence-corrected chi connectivity index (χ1v) is 6.69. The van der Waals surface area contributed by atoms with Crippen molar-refractivity contribution in [3.05, 3.63) is 0 Å². The first-order chi connectivity index (χ1) is 9.67. The summed E-state index contributed by atoms with van der Waals surface area (Å²) in [6.45, 7) is -0.557. The van der Waals surface area contributed by atoms with Gasteiger partial charge in [0.25, 0.3) is 0 Å². The Kier molecular flexibility index (Phi) is 4.05. The second kappa shape index (κ2) is 5.36. The van der Waals surface area contributed by atoms with E-state index >= 15 is 0 Å². The van der Waals surface area contributed by atoms with Gasteiger partial charge in [-0.1, -0.05) is 0 Å². The molecule has 2 aliphatic heterocycles. The minimum atomic E-state index is -4.90. The van der Waals surface area contributed by atoms with E-state index in [1.807, 2.05) is 0 Å². The number of nitrogens with zero attached hydrogens (tertiary/aromatic N) is 2. The largest absolute Gasteiger partial charge is 0.481 e. The van der Waals surface area contributed by atoms with Gasteiger partial charge in [0.1, 0.15) is 0 Å². The summed E-state index contributed by atoms with van der Waals surface area (Å²) in [5, 5.41) is 18.3. The van der Waals surface area contributed by atoms with Crippen molar-refractivity contribution in [3.63, 3.8) is 0 Å². The van der Waals surface area contributed by atoms with E-state index in [4.69, 9.17) is 5.11 Å². The van der Waals surface area contributed by atoms with E-state index in [9.17, 15) is 27.9 Å². The van der Waals surface area contributed by atoms with Crippen molar-refractivity contribution in [1.82, 2.24) is 9.80 Å². The molecule has 0 aromatic heterocycles. The number of halogens is 3. The standard InChI is InChI=1S/C12H17F3N2O4/c13-12(14,15)11(9(19)20)3-6-17(7-11)10(21)16-4-1-8(18)2-5-16/h8,18H,1-7H2,(H,19,20). The molecule has 1 unspecified atom stereocenters. The van der Waals surface area contributed by atoms with Crippen molar-refractivity contribution in [3.8, 4) is 0 Å². The Morgan fingerprint density at radius 1 is 1.10 bits per heavy atom. The molecule has 2 N–H and O–H groups in total. The van der Waals surface area contributed by atoms with Crippen LogP contribution in [0.25, 0.3) is 0 Å². The third-order valence-corrected chi connectivity index (χ3v) is 4.23. The van der Waals surface area contributed by atoms with Gasteiger partial charge in [0.15, 0.2) is 5.41 Å². The molecule has 0 saturated carbocycles. The zero-order chi connectivity index (χ0) is 15.8. The molecule has 2 aliphatic rings. The number of aliphatic carboxylic acids is 1. The third-order valence-electron chi connectivity index (χ3n) is 4.23. The Morgan fingerprint density at radius 2 is 1.67 bits per heavy atom. The van der Waals surface area contributed by atoms with Crippen LogP contribution in [-0.4, -0.2) is 70.5 Å². The summed E-state index contributed by atoms with van der Waals surface area (Å²) in [6, 6.07) is -0.589. The second-order valence-electron chi connectivity index (χ2n) is 5.56. The lowest BCUT2D eigenvalue weighted by Crippen LogP contribution is -2.51. The van der Waals surface area contributed by atoms with Gasteiger partial charge >= 0.3 is 18.2 Å². The Morgan fingerprint density at radius 3 is 2.10 bits per heavy atom. The highest BCUT2D eigenvalue weighted by Gasteiger charge is 2.64. The number of urea groups is 1. The molecule has 0 bridgehead atoms. The van der Waals surface area contributed by atoms with E-state index in [0.717, 1.165) is 4.90 Å². The first kappa shape index (κ1) is 15.9. The molecule has 2 heterocycles. The van der Waals surface area contributed by atoms with E-state index in [1.165, 1.54) is 4.90 Å².